The van der Waals surface area contributed by atoms with Crippen LogP contribution in [0.15, 0.2) is 85.1 Å². The normalized spacial score (nSPS) is 21.1. The van der Waals surface area contributed by atoms with Gasteiger partial charge in [0.15, 0.2) is 12.4 Å². The maximum absolute atomic E-state index is 12.7. The van der Waals surface area contributed by atoms with Crippen LogP contribution in [0.1, 0.15) is 142 Å². The van der Waals surface area contributed by atoms with Crippen LogP contribution >= 0.6 is 0 Å². The average Bonchev–Trinajstić information content (AvgIpc) is 3.21. The van der Waals surface area contributed by atoms with Gasteiger partial charge in [-0.15, -0.1) is 0 Å². The van der Waals surface area contributed by atoms with Crippen LogP contribution < -0.4 is 0 Å². The molecule has 1 heterocycles. The molecule has 0 aromatic rings. The van der Waals surface area contributed by atoms with E-state index in [0.717, 1.165) is 77.0 Å². The number of allylic oxidation sites excluding steroid dienone is 14. The molecule has 0 radical (unpaired) electrons. The highest BCUT2D eigenvalue weighted by Crippen LogP contribution is 2.22. The van der Waals surface area contributed by atoms with Gasteiger partial charge >= 0.3 is 11.9 Å². The van der Waals surface area contributed by atoms with Crippen LogP contribution in [0.2, 0.25) is 0 Å². The van der Waals surface area contributed by atoms with Crippen LogP contribution in [0.3, 0.4) is 0 Å². The number of hydrogen-bond donors (Lipinski definition) is 4. The molecule has 1 aliphatic heterocycles. The van der Waals surface area contributed by atoms with Gasteiger partial charge in [0.1, 0.15) is 31.0 Å². The van der Waals surface area contributed by atoms with E-state index in [1.165, 1.54) is 19.3 Å². The average molecular weight is 801 g/mol. The fourth-order valence-corrected chi connectivity index (χ4v) is 5.84. The van der Waals surface area contributed by atoms with Gasteiger partial charge < -0.3 is 39.4 Å². The number of carbonyl (C=O) groups excluding carboxylic acids is 2. The first-order valence-corrected chi connectivity index (χ1v) is 21.7. The van der Waals surface area contributed by atoms with Crippen molar-refractivity contribution >= 4 is 11.9 Å². The third-order valence-corrected chi connectivity index (χ3v) is 9.26. The van der Waals surface area contributed by atoms with Crippen LogP contribution in [-0.4, -0.2) is 89.0 Å². The van der Waals surface area contributed by atoms with Crippen molar-refractivity contribution in [1.29, 1.82) is 0 Å². The first kappa shape index (κ1) is 51.9. The largest absolute Gasteiger partial charge is 0.462 e. The van der Waals surface area contributed by atoms with Crippen molar-refractivity contribution in [2.75, 3.05) is 19.8 Å². The van der Waals surface area contributed by atoms with E-state index >= 15 is 0 Å². The lowest BCUT2D eigenvalue weighted by Crippen LogP contribution is -2.59. The molecule has 10 nitrogen and oxygen atoms in total. The topological polar surface area (TPSA) is 152 Å². The first-order valence-electron chi connectivity index (χ1n) is 21.7. The predicted octanol–water partition coefficient (Wildman–Crippen LogP) is 8.99. The van der Waals surface area contributed by atoms with E-state index in [9.17, 15) is 30.0 Å². The fraction of sp³-hybridized carbons (Fsp3) is 0.660. The minimum atomic E-state index is -1.61. The molecular weight excluding hydrogens is 725 g/mol. The molecule has 0 aliphatic carbocycles. The van der Waals surface area contributed by atoms with Crippen LogP contribution in [0, 0.1) is 0 Å². The van der Waals surface area contributed by atoms with Crippen molar-refractivity contribution in [3.05, 3.63) is 85.1 Å². The molecular formula is C47H76O10. The summed E-state index contributed by atoms with van der Waals surface area (Å²) in [6.45, 7) is 3.18. The zero-order chi connectivity index (χ0) is 41.6. The minimum Gasteiger partial charge on any atom is -0.462 e. The Kier molecular flexibility index (Phi) is 33.8. The quantitative estimate of drug-likeness (QED) is 0.0282. The zero-order valence-corrected chi connectivity index (χ0v) is 35.0. The number of hydrogen-bond acceptors (Lipinski definition) is 10. The van der Waals surface area contributed by atoms with Gasteiger partial charge in [-0.25, -0.2) is 0 Å². The SMILES string of the molecule is CC/C=C/C/C=C/C/C=C/CCCCCCCC(=O)OC[C@H](CO[C@@H]1O[C@H](CO)[C@H](O)C(O)C1O)OC(=O)CCC/C=C/C/C=C/C/C=C/C/C=C/CCCCC. The van der Waals surface area contributed by atoms with E-state index in [2.05, 4.69) is 92.8 Å². The van der Waals surface area contributed by atoms with Gasteiger partial charge in [-0.2, -0.15) is 0 Å². The van der Waals surface area contributed by atoms with Crippen molar-refractivity contribution in [3.63, 3.8) is 0 Å². The van der Waals surface area contributed by atoms with Gasteiger partial charge in [0.05, 0.1) is 13.2 Å². The predicted molar refractivity (Wildman–Crippen MR) is 228 cm³/mol. The highest BCUT2D eigenvalue weighted by atomic mass is 16.7. The summed E-state index contributed by atoms with van der Waals surface area (Å²) in [6, 6.07) is 0. The van der Waals surface area contributed by atoms with Crippen LogP contribution in [0.5, 0.6) is 0 Å². The first-order chi connectivity index (χ1) is 27.8. The van der Waals surface area contributed by atoms with Gasteiger partial charge in [-0.3, -0.25) is 9.59 Å². The standard InChI is InChI=1S/C47H76O10/c1-3-5-7-9-11-13-15-17-19-20-22-24-26-28-30-32-34-36-43(50)56-40(39-55-47-46(53)45(52)44(51)41(37-48)57-47)38-54-42(49)35-33-31-29-27-25-23-21-18-16-14-12-10-8-6-4-2/h6,8,11-14,17-19,21-22,24,28,30,40-41,44-48,51-53H,3-5,7,9-10,15-16,20,23,25-27,29,31-39H2,1-2H3/b8-6+,13-11+,14-12+,19-17+,21-18+,24-22+,30-28+/t40-,41-,44+,45?,46?,47-/m1/s1. The summed E-state index contributed by atoms with van der Waals surface area (Å²) in [4.78, 5) is 25.3. The number of rotatable bonds is 34. The second-order valence-electron chi connectivity index (χ2n) is 14.4. The van der Waals surface area contributed by atoms with Crippen molar-refractivity contribution in [3.8, 4) is 0 Å². The summed E-state index contributed by atoms with van der Waals surface area (Å²) in [5.74, 6) is -0.902. The molecule has 1 aliphatic rings. The summed E-state index contributed by atoms with van der Waals surface area (Å²) < 4.78 is 22.0. The highest BCUT2D eigenvalue weighted by molar-refractivity contribution is 5.70. The summed E-state index contributed by atoms with van der Waals surface area (Å²) >= 11 is 0. The molecule has 0 bridgehead atoms. The second-order valence-corrected chi connectivity index (χ2v) is 14.4. The Hall–Kier alpha value is -3.12. The number of ether oxygens (including phenoxy) is 4. The molecule has 0 aromatic carbocycles. The van der Waals surface area contributed by atoms with Crippen LogP contribution in [0.4, 0.5) is 0 Å². The van der Waals surface area contributed by atoms with Crippen molar-refractivity contribution in [1.82, 2.24) is 0 Å². The fourth-order valence-electron chi connectivity index (χ4n) is 5.84. The lowest BCUT2D eigenvalue weighted by atomic mass is 9.99. The molecule has 1 rings (SSSR count). The zero-order valence-electron chi connectivity index (χ0n) is 35.0. The van der Waals surface area contributed by atoms with Gasteiger partial charge in [0.2, 0.25) is 0 Å². The molecule has 57 heavy (non-hydrogen) atoms. The smallest absolute Gasteiger partial charge is 0.306 e. The number of carbonyl (C=O) groups is 2. The molecule has 0 amide bonds. The Bertz CT molecular complexity index is 1200. The monoisotopic (exact) mass is 801 g/mol. The van der Waals surface area contributed by atoms with Crippen molar-refractivity contribution in [2.24, 2.45) is 0 Å². The molecule has 10 heteroatoms. The van der Waals surface area contributed by atoms with Gasteiger partial charge in [-0.1, -0.05) is 131 Å². The Morgan fingerprint density at radius 3 is 1.61 bits per heavy atom. The maximum Gasteiger partial charge on any atom is 0.306 e. The van der Waals surface area contributed by atoms with Gasteiger partial charge in [-0.05, 0) is 83.5 Å². The number of aliphatic hydroxyl groups is 4. The molecule has 324 valence electrons. The molecule has 0 spiro atoms. The van der Waals surface area contributed by atoms with Crippen molar-refractivity contribution in [2.45, 2.75) is 179 Å². The van der Waals surface area contributed by atoms with E-state index in [4.69, 9.17) is 18.9 Å². The lowest BCUT2D eigenvalue weighted by molar-refractivity contribution is -0.305. The Balaban J connectivity index is 2.42. The molecule has 1 fully saturated rings. The van der Waals surface area contributed by atoms with E-state index in [1.54, 1.807) is 0 Å². The number of aliphatic hydroxyl groups excluding tert-OH is 4. The van der Waals surface area contributed by atoms with Gasteiger partial charge in [0, 0.05) is 12.8 Å². The second kappa shape index (κ2) is 37.2. The van der Waals surface area contributed by atoms with Crippen molar-refractivity contribution < 1.29 is 49.0 Å². The molecule has 6 atom stereocenters. The van der Waals surface area contributed by atoms with E-state index in [0.29, 0.717) is 19.3 Å². The summed E-state index contributed by atoms with van der Waals surface area (Å²) in [5, 5.41) is 40.0. The number of unbranched alkanes of at least 4 members (excludes halogenated alkanes) is 9. The minimum absolute atomic E-state index is 0.145. The molecule has 1 saturated heterocycles. The summed E-state index contributed by atoms with van der Waals surface area (Å²) in [6.07, 6.45) is 40.2. The summed E-state index contributed by atoms with van der Waals surface area (Å²) in [7, 11) is 0. The molecule has 0 saturated carbocycles. The summed E-state index contributed by atoms with van der Waals surface area (Å²) in [5.41, 5.74) is 0. The maximum atomic E-state index is 12.7. The Labute approximate surface area is 344 Å². The van der Waals surface area contributed by atoms with Crippen LogP contribution in [-0.2, 0) is 28.5 Å². The highest BCUT2D eigenvalue weighted by Gasteiger charge is 2.44. The molecule has 0 aromatic heterocycles. The molecule has 4 N–H and O–H groups in total. The third-order valence-electron chi connectivity index (χ3n) is 9.26. The van der Waals surface area contributed by atoms with Gasteiger partial charge in [0.25, 0.3) is 0 Å². The third kappa shape index (κ3) is 28.9. The van der Waals surface area contributed by atoms with Crippen LogP contribution in [0.25, 0.3) is 0 Å². The Morgan fingerprint density at radius 2 is 1.05 bits per heavy atom. The number of esters is 2. The Morgan fingerprint density at radius 1 is 0.561 bits per heavy atom. The van der Waals surface area contributed by atoms with E-state index < -0.39 is 55.4 Å². The molecule has 2 unspecified atom stereocenters. The van der Waals surface area contributed by atoms with E-state index in [1.807, 2.05) is 6.08 Å². The lowest BCUT2D eigenvalue weighted by Gasteiger charge is -2.39. The van der Waals surface area contributed by atoms with E-state index in [-0.39, 0.29) is 26.1 Å².